The molecule has 0 amide bonds. The maximum atomic E-state index is 5.98. The van der Waals surface area contributed by atoms with Crippen molar-refractivity contribution in [2.24, 2.45) is 0 Å². The molecule has 1 aliphatic rings. The molecule has 0 fully saturated rings. The van der Waals surface area contributed by atoms with Crippen molar-refractivity contribution in [3.05, 3.63) is 96.1 Å². The topological polar surface area (TPSA) is 24.9 Å². The van der Waals surface area contributed by atoms with Crippen LogP contribution in [0.1, 0.15) is 25.0 Å². The molecule has 35 heavy (non-hydrogen) atoms. The van der Waals surface area contributed by atoms with Crippen LogP contribution in [0.5, 0.6) is 11.5 Å². The van der Waals surface area contributed by atoms with E-state index in [9.17, 15) is 0 Å². The fraction of sp³-hybridized carbons (Fsp3) is 0.226. The number of anilines is 4. The van der Waals surface area contributed by atoms with Crippen LogP contribution in [0.25, 0.3) is 11.1 Å². The van der Waals surface area contributed by atoms with Crippen molar-refractivity contribution >= 4 is 22.7 Å². The first kappa shape index (κ1) is 22.9. The highest BCUT2D eigenvalue weighted by Crippen LogP contribution is 2.52. The molecule has 5 rings (SSSR count). The zero-order valence-electron chi connectivity index (χ0n) is 20.9. The fourth-order valence-electron chi connectivity index (χ4n) is 4.91. The molecule has 0 N–H and O–H groups in total. The highest BCUT2D eigenvalue weighted by Gasteiger charge is 2.30. The van der Waals surface area contributed by atoms with Gasteiger partial charge in [0.25, 0.3) is 0 Å². The molecule has 0 saturated heterocycles. The normalized spacial score (nSPS) is 12.2. The lowest BCUT2D eigenvalue weighted by Crippen LogP contribution is -2.30. The van der Waals surface area contributed by atoms with Crippen LogP contribution in [0.3, 0.4) is 0 Å². The third-order valence-corrected chi connectivity index (χ3v) is 6.61. The van der Waals surface area contributed by atoms with Crippen molar-refractivity contribution < 1.29 is 9.47 Å². The minimum Gasteiger partial charge on any atom is -0.494 e. The van der Waals surface area contributed by atoms with Crippen LogP contribution in [0.15, 0.2) is 84.9 Å². The highest BCUT2D eigenvalue weighted by atomic mass is 16.5. The van der Waals surface area contributed by atoms with E-state index in [0.29, 0.717) is 6.61 Å². The third kappa shape index (κ3) is 4.32. The summed E-state index contributed by atoms with van der Waals surface area (Å²) in [5, 5.41) is 0. The van der Waals surface area contributed by atoms with Gasteiger partial charge in [0.2, 0.25) is 0 Å². The minimum absolute atomic E-state index is 0.568. The Morgan fingerprint density at radius 3 is 2.09 bits per heavy atom. The number of aryl methyl sites for hydroxylation is 1. The maximum absolute atomic E-state index is 5.98. The van der Waals surface area contributed by atoms with Gasteiger partial charge in [-0.2, -0.15) is 0 Å². The molecule has 0 saturated carbocycles. The molecular weight excluding hydrogens is 432 g/mol. The zero-order chi connectivity index (χ0) is 24.4. The summed E-state index contributed by atoms with van der Waals surface area (Å²) in [5.74, 6) is 1.79. The van der Waals surface area contributed by atoms with Crippen molar-refractivity contribution in [1.29, 1.82) is 0 Å². The van der Waals surface area contributed by atoms with Crippen LogP contribution in [0.2, 0.25) is 0 Å². The molecule has 0 unspecified atom stereocenters. The van der Waals surface area contributed by atoms with Gasteiger partial charge in [0.15, 0.2) is 0 Å². The molecule has 0 aromatic heterocycles. The summed E-state index contributed by atoms with van der Waals surface area (Å²) in [6.07, 6.45) is 0. The number of hydrogen-bond acceptors (Lipinski definition) is 4. The Morgan fingerprint density at radius 1 is 0.686 bits per heavy atom. The van der Waals surface area contributed by atoms with E-state index < -0.39 is 0 Å². The van der Waals surface area contributed by atoms with Crippen LogP contribution < -0.4 is 19.3 Å². The third-order valence-electron chi connectivity index (χ3n) is 6.61. The average Bonchev–Trinajstić information content (AvgIpc) is 2.90. The molecule has 4 nitrogen and oxygen atoms in total. The summed E-state index contributed by atoms with van der Waals surface area (Å²) in [6.45, 7) is 8.83. The van der Waals surface area contributed by atoms with Gasteiger partial charge >= 0.3 is 0 Å². The van der Waals surface area contributed by atoms with Gasteiger partial charge in [-0.3, -0.25) is 0 Å². The Morgan fingerprint density at radius 2 is 1.40 bits per heavy atom. The molecule has 4 aromatic rings. The van der Waals surface area contributed by atoms with E-state index in [1.165, 1.54) is 33.8 Å². The Kier molecular flexibility index (Phi) is 6.37. The van der Waals surface area contributed by atoms with E-state index in [4.69, 9.17) is 9.47 Å². The molecule has 0 radical (unpaired) electrons. The van der Waals surface area contributed by atoms with E-state index in [1.54, 1.807) is 7.11 Å². The van der Waals surface area contributed by atoms with Crippen LogP contribution >= 0.6 is 0 Å². The minimum atomic E-state index is 0.568. The summed E-state index contributed by atoms with van der Waals surface area (Å²) in [4.78, 5) is 4.76. The maximum Gasteiger partial charge on any atom is 0.144 e. The predicted octanol–water partition coefficient (Wildman–Crippen LogP) is 7.88. The van der Waals surface area contributed by atoms with Crippen molar-refractivity contribution in [3.8, 4) is 22.6 Å². The average molecular weight is 465 g/mol. The van der Waals surface area contributed by atoms with Crippen LogP contribution in [0, 0.1) is 6.92 Å². The summed E-state index contributed by atoms with van der Waals surface area (Å²) in [6, 6.07) is 29.8. The molecule has 0 spiro atoms. The molecule has 4 heteroatoms. The molecule has 0 bridgehead atoms. The summed E-state index contributed by atoms with van der Waals surface area (Å²) in [7, 11) is 1.76. The number of ether oxygens (including phenoxy) is 2. The second-order valence-electron chi connectivity index (χ2n) is 8.83. The standard InChI is InChI=1S/C31H32N2O2/c1-5-32-27-17-14-25(24-12-15-26(16-13-24)35-21-23-10-8-7-9-11-23)20-28(27)33(6-2)31-29(32)18-22(3)19-30(31)34-4/h7-20H,5-6,21H2,1-4H3. The van der Waals surface area contributed by atoms with Crippen LogP contribution in [-0.2, 0) is 6.61 Å². The van der Waals surface area contributed by atoms with E-state index in [-0.39, 0.29) is 0 Å². The molecule has 0 aliphatic carbocycles. The lowest BCUT2D eigenvalue weighted by molar-refractivity contribution is 0.306. The fourth-order valence-corrected chi connectivity index (χ4v) is 4.91. The molecular formula is C31H32N2O2. The Labute approximate surface area is 208 Å². The molecule has 0 atom stereocenters. The monoisotopic (exact) mass is 464 g/mol. The largest absolute Gasteiger partial charge is 0.494 e. The number of methoxy groups -OCH3 is 1. The van der Waals surface area contributed by atoms with Crippen molar-refractivity contribution in [1.82, 2.24) is 0 Å². The number of benzene rings is 4. The number of hydrogen-bond donors (Lipinski definition) is 0. The number of nitrogens with zero attached hydrogens (tertiary/aromatic N) is 2. The Balaban J connectivity index is 1.47. The van der Waals surface area contributed by atoms with Gasteiger partial charge in [0, 0.05) is 13.1 Å². The summed E-state index contributed by atoms with van der Waals surface area (Å²) < 4.78 is 11.8. The first-order valence-electron chi connectivity index (χ1n) is 12.3. The lowest BCUT2D eigenvalue weighted by Gasteiger charge is -2.40. The van der Waals surface area contributed by atoms with E-state index in [0.717, 1.165) is 35.8 Å². The molecule has 1 aliphatic heterocycles. The van der Waals surface area contributed by atoms with E-state index >= 15 is 0 Å². The van der Waals surface area contributed by atoms with Gasteiger partial charge in [-0.1, -0.05) is 48.5 Å². The van der Waals surface area contributed by atoms with Gasteiger partial charge in [0.05, 0.1) is 24.2 Å². The van der Waals surface area contributed by atoms with Gasteiger partial charge in [0.1, 0.15) is 23.8 Å². The van der Waals surface area contributed by atoms with Gasteiger partial charge in [-0.25, -0.2) is 0 Å². The number of rotatable bonds is 7. The Bertz CT molecular complexity index is 1320. The summed E-state index contributed by atoms with van der Waals surface area (Å²) >= 11 is 0. The second kappa shape index (κ2) is 9.75. The molecule has 1 heterocycles. The highest BCUT2D eigenvalue weighted by molar-refractivity contribution is 5.97. The SMILES string of the molecule is CCN1c2ccc(-c3ccc(OCc4ccccc4)cc3)cc2N(CC)c2c(OC)cc(C)cc21. The smallest absolute Gasteiger partial charge is 0.144 e. The van der Waals surface area contributed by atoms with E-state index in [2.05, 4.69) is 97.3 Å². The molecule has 178 valence electrons. The van der Waals surface area contributed by atoms with Gasteiger partial charge < -0.3 is 19.3 Å². The quantitative estimate of drug-likeness (QED) is 0.278. The molecule has 4 aromatic carbocycles. The first-order valence-corrected chi connectivity index (χ1v) is 12.3. The number of fused-ring (bicyclic) bond motifs is 2. The van der Waals surface area contributed by atoms with Crippen molar-refractivity contribution in [2.45, 2.75) is 27.4 Å². The lowest BCUT2D eigenvalue weighted by atomic mass is 9.99. The van der Waals surface area contributed by atoms with Gasteiger partial charge in [-0.05, 0) is 79.4 Å². The predicted molar refractivity (Wildman–Crippen MR) is 146 cm³/mol. The summed E-state index contributed by atoms with van der Waals surface area (Å²) in [5.41, 5.74) is 9.47. The van der Waals surface area contributed by atoms with Crippen LogP contribution in [-0.4, -0.2) is 20.2 Å². The zero-order valence-corrected chi connectivity index (χ0v) is 20.9. The Hall–Kier alpha value is -3.92. The van der Waals surface area contributed by atoms with Gasteiger partial charge in [-0.15, -0.1) is 0 Å². The van der Waals surface area contributed by atoms with Crippen molar-refractivity contribution in [3.63, 3.8) is 0 Å². The first-order chi connectivity index (χ1) is 17.1. The van der Waals surface area contributed by atoms with Crippen LogP contribution in [0.4, 0.5) is 22.7 Å². The van der Waals surface area contributed by atoms with E-state index in [1.807, 2.05) is 18.2 Å². The van der Waals surface area contributed by atoms with Crippen molar-refractivity contribution in [2.75, 3.05) is 30.0 Å². The second-order valence-corrected chi connectivity index (χ2v) is 8.83.